The summed E-state index contributed by atoms with van der Waals surface area (Å²) in [5.41, 5.74) is 4.48. The van der Waals surface area contributed by atoms with Gasteiger partial charge >= 0.3 is 135 Å². The van der Waals surface area contributed by atoms with Crippen molar-refractivity contribution in [2.75, 3.05) is 7.11 Å². The van der Waals surface area contributed by atoms with Gasteiger partial charge in [0.1, 0.15) is 0 Å². The van der Waals surface area contributed by atoms with Crippen LogP contribution in [0.2, 0.25) is 14.8 Å². The molecule has 0 bridgehead atoms. The number of oxime groups is 1. The average molecular weight is 400 g/mol. The molecule has 0 N–H and O–H groups in total. The van der Waals surface area contributed by atoms with Gasteiger partial charge in [0.25, 0.3) is 0 Å². The van der Waals surface area contributed by atoms with E-state index >= 15 is 0 Å². The fraction of sp³-hybridized carbons (Fsp3) is 0.222. The number of fused-ring (bicyclic) bond motifs is 3. The van der Waals surface area contributed by atoms with Gasteiger partial charge in [-0.25, -0.2) is 0 Å². The molecule has 4 heteroatoms. The van der Waals surface area contributed by atoms with E-state index in [1.165, 1.54) is 10.7 Å². The summed E-state index contributed by atoms with van der Waals surface area (Å²) in [7, 11) is 1.51. The molecule has 2 aromatic rings. The second-order valence-electron chi connectivity index (χ2n) is 6.53. The molecule has 1 aliphatic rings. The minimum atomic E-state index is -2.27. The van der Waals surface area contributed by atoms with Gasteiger partial charge < -0.3 is 0 Å². The van der Waals surface area contributed by atoms with Crippen LogP contribution in [0.5, 0.6) is 0 Å². The molecule has 0 unspecified atom stereocenters. The van der Waals surface area contributed by atoms with E-state index in [2.05, 4.69) is 32.1 Å². The average Bonchev–Trinajstić information content (AvgIpc) is 2.78. The van der Waals surface area contributed by atoms with Crippen molar-refractivity contribution in [3.05, 3.63) is 53.1 Å². The number of ketones is 1. The molecule has 0 spiro atoms. The SMILES string of the molecule is CO/N=C/c1c[c]([Sn]([CH3])([CH3])[CH3])cc2c1C(=O)c1ccccc1-2. The van der Waals surface area contributed by atoms with Gasteiger partial charge in [0.15, 0.2) is 0 Å². The Morgan fingerprint density at radius 3 is 2.36 bits per heavy atom. The molecule has 0 aliphatic heterocycles. The Bertz CT molecular complexity index is 788. The third-order valence-electron chi connectivity index (χ3n) is 4.02. The van der Waals surface area contributed by atoms with Gasteiger partial charge in [-0.15, -0.1) is 0 Å². The van der Waals surface area contributed by atoms with Crippen molar-refractivity contribution in [1.29, 1.82) is 0 Å². The van der Waals surface area contributed by atoms with Crippen LogP contribution in [0.25, 0.3) is 11.1 Å². The summed E-state index contributed by atoms with van der Waals surface area (Å²) in [5, 5.41) is 3.89. The first-order valence-electron chi connectivity index (χ1n) is 7.32. The standard InChI is InChI=1S/C15H10NO2.3CH3.Sn/c1-18-16-9-10-5-4-8-12-11-6-2-3-7-13(11)15(17)14(10)12;;;;/h2-3,5-9H,1H3;3*1H3;/b16-9+;;;;. The number of nitrogens with zero attached hydrogens (tertiary/aromatic N) is 1. The summed E-state index contributed by atoms with van der Waals surface area (Å²) in [6.45, 7) is 0. The normalized spacial score (nSPS) is 13.4. The number of hydrogen-bond donors (Lipinski definition) is 0. The molecule has 0 aromatic heterocycles. The molecule has 22 heavy (non-hydrogen) atoms. The Morgan fingerprint density at radius 2 is 1.73 bits per heavy atom. The number of benzene rings is 2. The Morgan fingerprint density at radius 1 is 1.05 bits per heavy atom. The van der Waals surface area contributed by atoms with Crippen LogP contribution >= 0.6 is 0 Å². The van der Waals surface area contributed by atoms with Crippen LogP contribution in [0.4, 0.5) is 0 Å². The molecule has 1 aliphatic carbocycles. The van der Waals surface area contributed by atoms with Crippen LogP contribution in [0.3, 0.4) is 0 Å². The third kappa shape index (κ3) is 2.47. The van der Waals surface area contributed by atoms with Crippen molar-refractivity contribution in [1.82, 2.24) is 0 Å². The van der Waals surface area contributed by atoms with Gasteiger partial charge in [0.2, 0.25) is 0 Å². The van der Waals surface area contributed by atoms with Crippen molar-refractivity contribution in [3.8, 4) is 11.1 Å². The first-order chi connectivity index (χ1) is 10.4. The van der Waals surface area contributed by atoms with Gasteiger partial charge in [-0.05, 0) is 0 Å². The van der Waals surface area contributed by atoms with E-state index in [0.29, 0.717) is 0 Å². The van der Waals surface area contributed by atoms with Gasteiger partial charge in [-0.3, -0.25) is 0 Å². The van der Waals surface area contributed by atoms with E-state index in [0.717, 1.165) is 27.8 Å². The van der Waals surface area contributed by atoms with Crippen molar-refractivity contribution in [3.63, 3.8) is 0 Å². The zero-order valence-corrected chi connectivity index (χ0v) is 16.2. The van der Waals surface area contributed by atoms with Gasteiger partial charge in [0, 0.05) is 0 Å². The summed E-state index contributed by atoms with van der Waals surface area (Å²) in [6.07, 6.45) is 1.66. The second-order valence-corrected chi connectivity index (χ2v) is 21.0. The first-order valence-corrected chi connectivity index (χ1v) is 17.3. The fourth-order valence-corrected chi connectivity index (χ4v) is 6.15. The zero-order chi connectivity index (χ0) is 15.9. The molecule has 0 fully saturated rings. The maximum absolute atomic E-state index is 12.7. The zero-order valence-electron chi connectivity index (χ0n) is 13.3. The summed E-state index contributed by atoms with van der Waals surface area (Å²) in [5.74, 6) is 0.0822. The number of rotatable bonds is 3. The molecule has 0 amide bonds. The van der Waals surface area contributed by atoms with Crippen LogP contribution in [-0.4, -0.2) is 37.5 Å². The monoisotopic (exact) mass is 401 g/mol. The Labute approximate surface area is 134 Å². The molecule has 0 heterocycles. The van der Waals surface area contributed by atoms with Crippen molar-refractivity contribution in [2.24, 2.45) is 5.16 Å². The molecule has 2 aromatic carbocycles. The molecule has 0 atom stereocenters. The van der Waals surface area contributed by atoms with E-state index in [-0.39, 0.29) is 5.78 Å². The maximum atomic E-state index is 12.7. The molecule has 0 saturated carbocycles. The van der Waals surface area contributed by atoms with Gasteiger partial charge in [-0.2, -0.15) is 0 Å². The molecule has 3 nitrogen and oxygen atoms in total. The Hall–Kier alpha value is -1.62. The topological polar surface area (TPSA) is 38.7 Å². The van der Waals surface area contributed by atoms with E-state index in [1.807, 2.05) is 24.3 Å². The molecule has 0 radical (unpaired) electrons. The van der Waals surface area contributed by atoms with Crippen molar-refractivity contribution < 1.29 is 9.63 Å². The van der Waals surface area contributed by atoms with E-state index in [9.17, 15) is 4.79 Å². The summed E-state index contributed by atoms with van der Waals surface area (Å²) in [6, 6.07) is 12.2. The number of carbonyl (C=O) groups is 1. The predicted octanol–water partition coefficient (Wildman–Crippen LogP) is 3.42. The van der Waals surface area contributed by atoms with Crippen LogP contribution in [0, 0.1) is 0 Å². The molecule has 0 saturated heterocycles. The Balaban J connectivity index is 2.31. The summed E-state index contributed by atoms with van der Waals surface area (Å²) >= 11 is -2.27. The quantitative estimate of drug-likeness (QED) is 0.384. The molecule has 3 rings (SSSR count). The summed E-state index contributed by atoms with van der Waals surface area (Å²) < 4.78 is 1.38. The van der Waals surface area contributed by atoms with E-state index < -0.39 is 18.4 Å². The summed E-state index contributed by atoms with van der Waals surface area (Å²) in [4.78, 5) is 24.7. The van der Waals surface area contributed by atoms with E-state index in [1.54, 1.807) is 6.21 Å². The predicted molar refractivity (Wildman–Crippen MR) is 92.9 cm³/mol. The van der Waals surface area contributed by atoms with Gasteiger partial charge in [0.05, 0.1) is 0 Å². The number of carbonyl (C=O) groups excluding carboxylic acids is 1. The van der Waals surface area contributed by atoms with Crippen LogP contribution in [0.1, 0.15) is 21.5 Å². The van der Waals surface area contributed by atoms with E-state index in [4.69, 9.17) is 4.84 Å². The number of hydrogen-bond acceptors (Lipinski definition) is 3. The van der Waals surface area contributed by atoms with Crippen LogP contribution in [-0.2, 0) is 4.84 Å². The third-order valence-corrected chi connectivity index (χ3v) is 9.79. The van der Waals surface area contributed by atoms with Crippen LogP contribution in [0.15, 0.2) is 41.6 Å². The molecular formula is C18H19NO2Sn. The van der Waals surface area contributed by atoms with Crippen LogP contribution < -0.4 is 3.58 Å². The van der Waals surface area contributed by atoms with Crippen molar-refractivity contribution >= 4 is 34.0 Å². The fourth-order valence-electron chi connectivity index (χ4n) is 2.83. The molecule has 112 valence electrons. The second kappa shape index (κ2) is 5.54. The molecular weight excluding hydrogens is 381 g/mol. The first kappa shape index (κ1) is 15.3. The van der Waals surface area contributed by atoms with Gasteiger partial charge in [-0.1, -0.05) is 0 Å². The minimum absolute atomic E-state index is 0.0822. The van der Waals surface area contributed by atoms with Crippen molar-refractivity contribution in [2.45, 2.75) is 14.8 Å². The Kier molecular flexibility index (Phi) is 3.85.